The second-order valence-corrected chi connectivity index (χ2v) is 8.60. The van der Waals surface area contributed by atoms with Crippen LogP contribution in [0.3, 0.4) is 0 Å². The Morgan fingerprint density at radius 1 is 1.03 bits per heavy atom. The van der Waals surface area contributed by atoms with Gasteiger partial charge in [0.25, 0.3) is 5.56 Å². The maximum Gasteiger partial charge on any atom is 0.407 e. The van der Waals surface area contributed by atoms with Crippen molar-refractivity contribution in [3.8, 4) is 0 Å². The van der Waals surface area contributed by atoms with Crippen molar-refractivity contribution in [2.24, 2.45) is 7.05 Å². The maximum absolute atomic E-state index is 13.0. The van der Waals surface area contributed by atoms with Gasteiger partial charge in [0.15, 0.2) is 0 Å². The number of nitrogens with one attached hydrogen (secondary N) is 1. The third kappa shape index (κ3) is 5.07. The molecule has 0 aliphatic carbocycles. The molecule has 33 heavy (non-hydrogen) atoms. The molecule has 174 valence electrons. The number of nitrogens with zero attached hydrogens (tertiary/aromatic N) is 4. The monoisotopic (exact) mass is 449 g/mol. The number of aromatic nitrogens is 2. The maximum atomic E-state index is 13.0. The zero-order chi connectivity index (χ0) is 23.4. The van der Waals surface area contributed by atoms with Gasteiger partial charge in [-0.25, -0.2) is 9.78 Å². The van der Waals surface area contributed by atoms with E-state index in [1.54, 1.807) is 11.6 Å². The van der Waals surface area contributed by atoms with Crippen molar-refractivity contribution in [1.29, 1.82) is 0 Å². The van der Waals surface area contributed by atoms with Crippen LogP contribution in [-0.4, -0.2) is 65.2 Å². The molecule has 2 aromatic carbocycles. The van der Waals surface area contributed by atoms with E-state index < -0.39 is 6.09 Å². The molecule has 2 heterocycles. The van der Waals surface area contributed by atoms with Crippen LogP contribution in [0.25, 0.3) is 10.9 Å². The minimum absolute atomic E-state index is 0.0430. The van der Waals surface area contributed by atoms with E-state index in [1.807, 2.05) is 54.6 Å². The number of benzene rings is 2. The normalized spacial score (nSPS) is 19.5. The second kappa shape index (κ2) is 10.1. The highest BCUT2D eigenvalue weighted by Crippen LogP contribution is 2.30. The van der Waals surface area contributed by atoms with Crippen LogP contribution in [0.4, 0.5) is 4.79 Å². The molecule has 8 nitrogen and oxygen atoms in total. The molecule has 0 bridgehead atoms. The molecule has 3 aromatic rings. The zero-order valence-electron chi connectivity index (χ0n) is 19.4. The average Bonchev–Trinajstić information content (AvgIpc) is 2.83. The summed E-state index contributed by atoms with van der Waals surface area (Å²) in [6.45, 7) is 2.48. The fourth-order valence-electron chi connectivity index (χ4n) is 4.50. The van der Waals surface area contributed by atoms with Crippen LogP contribution >= 0.6 is 0 Å². The molecule has 2 unspecified atom stereocenters. The SMILES string of the molecule is CN1CCN(C)C(c2nc3ccccc3c(=O)n2C)C1CCNC(=O)OCc1ccccc1. The molecule has 8 heteroatoms. The van der Waals surface area contributed by atoms with Gasteiger partial charge in [-0.3, -0.25) is 14.3 Å². The average molecular weight is 450 g/mol. The van der Waals surface area contributed by atoms with Crippen molar-refractivity contribution in [2.75, 3.05) is 33.7 Å². The number of ether oxygens (including phenoxy) is 1. The van der Waals surface area contributed by atoms with Gasteiger partial charge in [-0.15, -0.1) is 0 Å². The zero-order valence-corrected chi connectivity index (χ0v) is 19.4. The number of amides is 1. The number of carbonyl (C=O) groups is 1. The molecule has 1 aromatic heterocycles. The Balaban J connectivity index is 1.47. The first-order valence-electron chi connectivity index (χ1n) is 11.3. The van der Waals surface area contributed by atoms with E-state index in [0.29, 0.717) is 23.9 Å². The number of para-hydroxylation sites is 1. The van der Waals surface area contributed by atoms with Gasteiger partial charge in [0.1, 0.15) is 12.4 Å². The summed E-state index contributed by atoms with van der Waals surface area (Å²) in [6.07, 6.45) is 0.271. The van der Waals surface area contributed by atoms with Gasteiger partial charge in [-0.2, -0.15) is 0 Å². The smallest absolute Gasteiger partial charge is 0.407 e. The number of hydrogen-bond acceptors (Lipinski definition) is 6. The quantitative estimate of drug-likeness (QED) is 0.623. The third-order valence-electron chi connectivity index (χ3n) is 6.42. The lowest BCUT2D eigenvalue weighted by molar-refractivity contribution is 0.0404. The van der Waals surface area contributed by atoms with Crippen LogP contribution in [0, 0.1) is 0 Å². The largest absolute Gasteiger partial charge is 0.445 e. The number of alkyl carbamates (subject to hydrolysis) is 1. The van der Waals surface area contributed by atoms with E-state index in [9.17, 15) is 9.59 Å². The molecule has 0 spiro atoms. The predicted octanol–water partition coefficient (Wildman–Crippen LogP) is 2.54. The molecular weight excluding hydrogens is 418 g/mol. The van der Waals surface area contributed by atoms with Crippen LogP contribution in [0.15, 0.2) is 59.4 Å². The van der Waals surface area contributed by atoms with Gasteiger partial charge in [0.2, 0.25) is 0 Å². The molecule has 1 aliphatic rings. The van der Waals surface area contributed by atoms with Crippen LogP contribution in [0.5, 0.6) is 0 Å². The highest BCUT2D eigenvalue weighted by Gasteiger charge is 2.36. The summed E-state index contributed by atoms with van der Waals surface area (Å²) in [4.78, 5) is 34.6. The molecule has 4 rings (SSSR count). The number of carbonyl (C=O) groups excluding carboxylic acids is 1. The molecule has 1 fully saturated rings. The Kier molecular flexibility index (Phi) is 7.05. The Hall–Kier alpha value is -3.23. The second-order valence-electron chi connectivity index (χ2n) is 8.60. The van der Waals surface area contributed by atoms with Crippen molar-refractivity contribution in [1.82, 2.24) is 24.7 Å². The van der Waals surface area contributed by atoms with Crippen molar-refractivity contribution in [2.45, 2.75) is 25.1 Å². The van der Waals surface area contributed by atoms with Crippen LogP contribution in [0.2, 0.25) is 0 Å². The number of fused-ring (bicyclic) bond motifs is 1. The van der Waals surface area contributed by atoms with Gasteiger partial charge in [0, 0.05) is 32.7 Å². The molecule has 1 aliphatic heterocycles. The number of likely N-dealkylation sites (N-methyl/N-ethyl adjacent to an activating group) is 2. The summed E-state index contributed by atoms with van der Waals surface area (Å²) >= 11 is 0. The predicted molar refractivity (Wildman–Crippen MR) is 128 cm³/mol. The fourth-order valence-corrected chi connectivity index (χ4v) is 4.50. The van der Waals surface area contributed by atoms with E-state index in [2.05, 4.69) is 29.2 Å². The third-order valence-corrected chi connectivity index (χ3v) is 6.42. The number of hydrogen-bond donors (Lipinski definition) is 1. The lowest BCUT2D eigenvalue weighted by Crippen LogP contribution is -2.54. The Morgan fingerprint density at radius 2 is 1.73 bits per heavy atom. The lowest BCUT2D eigenvalue weighted by Gasteiger charge is -2.44. The minimum Gasteiger partial charge on any atom is -0.445 e. The topological polar surface area (TPSA) is 79.7 Å². The molecule has 1 N–H and O–H groups in total. The first-order valence-corrected chi connectivity index (χ1v) is 11.3. The highest BCUT2D eigenvalue weighted by atomic mass is 16.5. The van der Waals surface area contributed by atoms with Crippen LogP contribution < -0.4 is 10.9 Å². The van der Waals surface area contributed by atoms with E-state index in [-0.39, 0.29) is 24.2 Å². The Labute approximate surface area is 193 Å². The van der Waals surface area contributed by atoms with Gasteiger partial charge in [-0.1, -0.05) is 42.5 Å². The summed E-state index contributed by atoms with van der Waals surface area (Å²) in [5.41, 5.74) is 1.61. The van der Waals surface area contributed by atoms with Gasteiger partial charge < -0.3 is 15.0 Å². The summed E-state index contributed by atoms with van der Waals surface area (Å²) in [5.74, 6) is 0.740. The van der Waals surface area contributed by atoms with Crippen molar-refractivity contribution < 1.29 is 9.53 Å². The van der Waals surface area contributed by atoms with Gasteiger partial charge >= 0.3 is 6.09 Å². The van der Waals surface area contributed by atoms with Crippen molar-refractivity contribution in [3.05, 3.63) is 76.3 Å². The first-order chi connectivity index (χ1) is 16.0. The number of rotatable bonds is 6. The van der Waals surface area contributed by atoms with Crippen LogP contribution in [0.1, 0.15) is 23.9 Å². The molecule has 1 amide bonds. The number of piperazine rings is 1. The molecule has 0 saturated carbocycles. The lowest BCUT2D eigenvalue weighted by atomic mass is 9.97. The summed E-state index contributed by atoms with van der Waals surface area (Å²) < 4.78 is 6.99. The van der Waals surface area contributed by atoms with Gasteiger partial charge in [0.05, 0.1) is 16.9 Å². The van der Waals surface area contributed by atoms with E-state index in [4.69, 9.17) is 9.72 Å². The highest BCUT2D eigenvalue weighted by molar-refractivity contribution is 5.77. The fraction of sp³-hybridized carbons (Fsp3) is 0.400. The molecule has 2 atom stereocenters. The Morgan fingerprint density at radius 3 is 2.52 bits per heavy atom. The Bertz CT molecular complexity index is 1160. The summed E-state index contributed by atoms with van der Waals surface area (Å²) in [6, 6.07) is 17.1. The standard InChI is InChI=1S/C25H31N5O3/c1-28-15-16-29(2)22(23-27-20-12-8-7-11-19(20)24(31)30(23)3)21(28)13-14-26-25(32)33-17-18-9-5-4-6-10-18/h4-12,21-22H,13-17H2,1-3H3,(H,26,32). The van der Waals surface area contributed by atoms with Crippen molar-refractivity contribution >= 4 is 17.0 Å². The molecular formula is C25H31N5O3. The van der Waals surface area contributed by atoms with Crippen molar-refractivity contribution in [3.63, 3.8) is 0 Å². The van der Waals surface area contributed by atoms with Gasteiger partial charge in [-0.05, 0) is 38.2 Å². The first kappa shape index (κ1) is 22.9. The molecule has 1 saturated heterocycles. The molecule has 0 radical (unpaired) electrons. The summed E-state index contributed by atoms with van der Waals surface area (Å²) in [7, 11) is 5.93. The summed E-state index contributed by atoms with van der Waals surface area (Å²) in [5, 5.41) is 3.49. The van der Waals surface area contributed by atoms with E-state index >= 15 is 0 Å². The van der Waals surface area contributed by atoms with E-state index in [0.717, 1.165) is 24.5 Å². The van der Waals surface area contributed by atoms with E-state index in [1.165, 1.54) is 0 Å². The minimum atomic E-state index is -0.432. The van der Waals surface area contributed by atoms with Crippen LogP contribution in [-0.2, 0) is 18.4 Å².